The van der Waals surface area contributed by atoms with Gasteiger partial charge in [0, 0.05) is 32.2 Å². The molecule has 2 aromatic rings. The number of ether oxygens (including phenoxy) is 1. The Kier molecular flexibility index (Phi) is 4.79. The van der Waals surface area contributed by atoms with Crippen molar-refractivity contribution < 1.29 is 23.5 Å². The van der Waals surface area contributed by atoms with Crippen molar-refractivity contribution in [2.75, 3.05) is 30.5 Å². The standard InChI is InChI=1S/C21H20FN3O4/c1-29-12-11-24-19(27)16-7-2-3-8-17(16)25-18(26)9-10-21(24,25)20(28)23-15-6-4-5-14(22)13-15/h2-8,13H,9-12H2,1H3,(H,23,28). The average Bonchev–Trinajstić information content (AvgIpc) is 3.06. The first-order chi connectivity index (χ1) is 14.0. The number of benzene rings is 2. The third kappa shape index (κ3) is 2.96. The van der Waals surface area contributed by atoms with Gasteiger partial charge in [-0.3, -0.25) is 19.3 Å². The van der Waals surface area contributed by atoms with Crippen molar-refractivity contribution in [1.29, 1.82) is 0 Å². The van der Waals surface area contributed by atoms with Gasteiger partial charge in [0.1, 0.15) is 5.82 Å². The molecule has 1 unspecified atom stereocenters. The summed E-state index contributed by atoms with van der Waals surface area (Å²) in [5, 5.41) is 2.69. The molecule has 8 heteroatoms. The lowest BCUT2D eigenvalue weighted by Crippen LogP contribution is -2.69. The third-order valence-corrected chi connectivity index (χ3v) is 5.34. The first-order valence-corrected chi connectivity index (χ1v) is 9.29. The number of hydrogen-bond acceptors (Lipinski definition) is 4. The Balaban J connectivity index is 1.83. The van der Waals surface area contributed by atoms with E-state index in [1.54, 1.807) is 30.3 Å². The molecule has 1 fully saturated rings. The Bertz CT molecular complexity index is 995. The topological polar surface area (TPSA) is 79.0 Å². The second-order valence-corrected chi connectivity index (χ2v) is 6.98. The fourth-order valence-corrected chi connectivity index (χ4v) is 4.07. The van der Waals surface area contributed by atoms with E-state index in [4.69, 9.17) is 4.74 Å². The van der Waals surface area contributed by atoms with Gasteiger partial charge in [0.2, 0.25) is 11.6 Å². The van der Waals surface area contributed by atoms with E-state index in [0.717, 1.165) is 0 Å². The van der Waals surface area contributed by atoms with Crippen LogP contribution in [0, 0.1) is 5.82 Å². The van der Waals surface area contributed by atoms with Gasteiger partial charge in [0.15, 0.2) is 0 Å². The minimum absolute atomic E-state index is 0.113. The number of halogens is 1. The zero-order chi connectivity index (χ0) is 20.6. The summed E-state index contributed by atoms with van der Waals surface area (Å²) < 4.78 is 18.7. The zero-order valence-corrected chi connectivity index (χ0v) is 15.9. The Hall–Kier alpha value is -3.26. The Morgan fingerprint density at radius 2 is 2.00 bits per heavy atom. The smallest absolute Gasteiger partial charge is 0.271 e. The Morgan fingerprint density at radius 1 is 1.21 bits per heavy atom. The number of fused-ring (bicyclic) bond motifs is 3. The van der Waals surface area contributed by atoms with E-state index < -0.39 is 17.4 Å². The SMILES string of the molecule is COCCN1C(=O)c2ccccc2N2C(=O)CCC12C(=O)Nc1cccc(F)c1. The van der Waals surface area contributed by atoms with Crippen LogP contribution in [0.4, 0.5) is 15.8 Å². The molecule has 1 saturated heterocycles. The van der Waals surface area contributed by atoms with Crippen molar-refractivity contribution in [3.05, 3.63) is 59.9 Å². The molecule has 0 radical (unpaired) electrons. The van der Waals surface area contributed by atoms with E-state index in [9.17, 15) is 18.8 Å². The van der Waals surface area contributed by atoms with E-state index in [0.29, 0.717) is 11.3 Å². The average molecular weight is 397 g/mol. The summed E-state index contributed by atoms with van der Waals surface area (Å²) >= 11 is 0. The van der Waals surface area contributed by atoms with E-state index in [-0.39, 0.29) is 43.5 Å². The van der Waals surface area contributed by atoms with Crippen LogP contribution in [-0.2, 0) is 14.3 Å². The molecule has 4 rings (SSSR count). The molecule has 3 amide bonds. The molecule has 150 valence electrons. The first kappa shape index (κ1) is 19.1. The minimum atomic E-state index is -1.53. The van der Waals surface area contributed by atoms with Crippen LogP contribution in [0.2, 0.25) is 0 Å². The first-order valence-electron chi connectivity index (χ1n) is 9.29. The highest BCUT2D eigenvalue weighted by Crippen LogP contribution is 2.44. The Labute approximate surface area is 167 Å². The summed E-state index contributed by atoms with van der Waals surface area (Å²) in [6.45, 7) is 0.328. The molecular formula is C21H20FN3O4. The molecule has 0 bridgehead atoms. The number of carbonyl (C=O) groups excluding carboxylic acids is 3. The lowest BCUT2D eigenvalue weighted by atomic mass is 9.95. The van der Waals surface area contributed by atoms with Gasteiger partial charge in [-0.25, -0.2) is 4.39 Å². The number of rotatable bonds is 5. The van der Waals surface area contributed by atoms with Crippen LogP contribution in [0.5, 0.6) is 0 Å². The van der Waals surface area contributed by atoms with Crippen molar-refractivity contribution in [3.8, 4) is 0 Å². The second-order valence-electron chi connectivity index (χ2n) is 6.98. The van der Waals surface area contributed by atoms with E-state index in [2.05, 4.69) is 5.32 Å². The van der Waals surface area contributed by atoms with Crippen LogP contribution < -0.4 is 10.2 Å². The van der Waals surface area contributed by atoms with Gasteiger partial charge in [0.05, 0.1) is 17.9 Å². The number of carbonyl (C=O) groups is 3. The molecule has 0 spiro atoms. The summed E-state index contributed by atoms with van der Waals surface area (Å²) in [5.74, 6) is -1.66. The van der Waals surface area contributed by atoms with Gasteiger partial charge in [-0.15, -0.1) is 0 Å². The number of anilines is 2. The van der Waals surface area contributed by atoms with Crippen LogP contribution in [0.15, 0.2) is 48.5 Å². The highest BCUT2D eigenvalue weighted by molar-refractivity contribution is 6.18. The van der Waals surface area contributed by atoms with Crippen LogP contribution in [0.3, 0.4) is 0 Å². The minimum Gasteiger partial charge on any atom is -0.383 e. The third-order valence-electron chi connectivity index (χ3n) is 5.34. The fraction of sp³-hybridized carbons (Fsp3) is 0.286. The molecule has 2 heterocycles. The molecule has 29 heavy (non-hydrogen) atoms. The lowest BCUT2D eigenvalue weighted by molar-refractivity contribution is -0.129. The summed E-state index contributed by atoms with van der Waals surface area (Å²) in [6, 6.07) is 12.2. The molecule has 1 atom stereocenters. The van der Waals surface area contributed by atoms with Gasteiger partial charge >= 0.3 is 0 Å². The number of hydrogen-bond donors (Lipinski definition) is 1. The van der Waals surface area contributed by atoms with Crippen molar-refractivity contribution in [3.63, 3.8) is 0 Å². The van der Waals surface area contributed by atoms with Gasteiger partial charge in [0.25, 0.3) is 11.8 Å². The molecule has 0 aliphatic carbocycles. The summed E-state index contributed by atoms with van der Waals surface area (Å²) in [6.07, 6.45) is 0.248. The van der Waals surface area contributed by atoms with Crippen molar-refractivity contribution >= 4 is 29.1 Å². The number of nitrogens with zero attached hydrogens (tertiary/aromatic N) is 2. The monoisotopic (exact) mass is 397 g/mol. The highest BCUT2D eigenvalue weighted by Gasteiger charge is 2.60. The van der Waals surface area contributed by atoms with Crippen molar-refractivity contribution in [2.24, 2.45) is 0 Å². The number of amides is 3. The normalized spacial score (nSPS) is 20.5. The number of nitrogens with one attached hydrogen (secondary N) is 1. The number of para-hydroxylation sites is 1. The summed E-state index contributed by atoms with van der Waals surface area (Å²) in [7, 11) is 1.50. The quantitative estimate of drug-likeness (QED) is 0.840. The van der Waals surface area contributed by atoms with Crippen LogP contribution in [0.1, 0.15) is 23.2 Å². The molecule has 0 saturated carbocycles. The molecule has 7 nitrogen and oxygen atoms in total. The van der Waals surface area contributed by atoms with Gasteiger partial charge < -0.3 is 15.0 Å². The van der Waals surface area contributed by atoms with Crippen LogP contribution in [-0.4, -0.2) is 48.5 Å². The maximum Gasteiger partial charge on any atom is 0.271 e. The summed E-state index contributed by atoms with van der Waals surface area (Å²) in [4.78, 5) is 42.4. The molecule has 1 N–H and O–H groups in total. The largest absolute Gasteiger partial charge is 0.383 e. The van der Waals surface area contributed by atoms with Crippen molar-refractivity contribution in [2.45, 2.75) is 18.5 Å². The predicted molar refractivity (Wildman–Crippen MR) is 104 cm³/mol. The number of methoxy groups -OCH3 is 1. The van der Waals surface area contributed by atoms with Crippen molar-refractivity contribution in [1.82, 2.24) is 4.90 Å². The summed E-state index contributed by atoms with van der Waals surface area (Å²) in [5.41, 5.74) is -0.523. The van der Waals surface area contributed by atoms with Gasteiger partial charge in [-0.1, -0.05) is 18.2 Å². The van der Waals surface area contributed by atoms with Crippen LogP contribution >= 0.6 is 0 Å². The predicted octanol–water partition coefficient (Wildman–Crippen LogP) is 2.39. The van der Waals surface area contributed by atoms with E-state index >= 15 is 0 Å². The second kappa shape index (κ2) is 7.29. The van der Waals surface area contributed by atoms with Gasteiger partial charge in [-0.05, 0) is 30.3 Å². The molecule has 2 aromatic carbocycles. The molecule has 2 aliphatic rings. The van der Waals surface area contributed by atoms with E-state index in [1.165, 1.54) is 35.1 Å². The fourth-order valence-electron chi connectivity index (χ4n) is 4.07. The van der Waals surface area contributed by atoms with E-state index in [1.807, 2.05) is 0 Å². The van der Waals surface area contributed by atoms with Crippen LogP contribution in [0.25, 0.3) is 0 Å². The Morgan fingerprint density at radius 3 is 2.76 bits per heavy atom. The zero-order valence-electron chi connectivity index (χ0n) is 15.9. The van der Waals surface area contributed by atoms with Gasteiger partial charge in [-0.2, -0.15) is 0 Å². The highest BCUT2D eigenvalue weighted by atomic mass is 19.1. The maximum absolute atomic E-state index is 13.6. The molecule has 0 aromatic heterocycles. The molecular weight excluding hydrogens is 377 g/mol. The maximum atomic E-state index is 13.6. The lowest BCUT2D eigenvalue weighted by Gasteiger charge is -2.49. The molecule has 2 aliphatic heterocycles.